The van der Waals surface area contributed by atoms with Crippen LogP contribution in [0.1, 0.15) is 40.4 Å². The van der Waals surface area contributed by atoms with Gasteiger partial charge in [0.05, 0.1) is 0 Å². The molecule has 1 aromatic heterocycles. The van der Waals surface area contributed by atoms with E-state index in [0.29, 0.717) is 17.7 Å². The Balaban J connectivity index is 1.71. The number of benzene rings is 2. The first kappa shape index (κ1) is 22.1. The smallest absolute Gasteiger partial charge is 0.349 e. The Morgan fingerprint density at radius 3 is 2.58 bits per heavy atom. The van der Waals surface area contributed by atoms with Crippen molar-refractivity contribution in [3.8, 4) is 11.5 Å². The van der Waals surface area contributed by atoms with Gasteiger partial charge in [0, 0.05) is 18.0 Å². The third kappa shape index (κ3) is 5.31. The van der Waals surface area contributed by atoms with E-state index in [1.807, 2.05) is 39.8 Å². The number of hydrogen-bond acceptors (Lipinski definition) is 6. The van der Waals surface area contributed by atoms with Crippen LogP contribution in [0.15, 0.2) is 45.6 Å². The van der Waals surface area contributed by atoms with Crippen molar-refractivity contribution in [1.82, 2.24) is 5.32 Å². The van der Waals surface area contributed by atoms with E-state index < -0.39 is 17.5 Å². The van der Waals surface area contributed by atoms with Crippen LogP contribution >= 0.6 is 0 Å². The summed E-state index contributed by atoms with van der Waals surface area (Å²) in [5.74, 6) is -0.222. The monoisotopic (exact) mass is 423 g/mol. The van der Waals surface area contributed by atoms with Gasteiger partial charge in [-0.25, -0.2) is 9.59 Å². The van der Waals surface area contributed by atoms with Gasteiger partial charge in [0.15, 0.2) is 6.61 Å². The van der Waals surface area contributed by atoms with E-state index in [1.54, 1.807) is 12.1 Å². The number of carbonyl (C=O) groups is 2. The lowest BCUT2D eigenvalue weighted by Crippen LogP contribution is -2.28. The third-order valence-electron chi connectivity index (χ3n) is 4.83. The summed E-state index contributed by atoms with van der Waals surface area (Å²) in [6, 6.07) is 9.99. The van der Waals surface area contributed by atoms with Crippen LogP contribution in [0.3, 0.4) is 0 Å². The third-order valence-corrected chi connectivity index (χ3v) is 4.83. The molecule has 0 atom stereocenters. The summed E-state index contributed by atoms with van der Waals surface area (Å²) in [5, 5.41) is 3.19. The highest BCUT2D eigenvalue weighted by Crippen LogP contribution is 2.24. The highest BCUT2D eigenvalue weighted by Gasteiger charge is 2.15. The predicted octanol–water partition coefficient (Wildman–Crippen LogP) is 3.84. The van der Waals surface area contributed by atoms with Crippen LogP contribution in [-0.4, -0.2) is 25.0 Å². The maximum Gasteiger partial charge on any atom is 0.349 e. The zero-order valence-corrected chi connectivity index (χ0v) is 18.0. The van der Waals surface area contributed by atoms with Crippen LogP contribution < -0.4 is 20.4 Å². The Morgan fingerprint density at radius 2 is 1.84 bits per heavy atom. The van der Waals surface area contributed by atoms with E-state index in [-0.39, 0.29) is 23.5 Å². The van der Waals surface area contributed by atoms with Crippen LogP contribution in [0.2, 0.25) is 0 Å². The highest BCUT2D eigenvalue weighted by molar-refractivity contribution is 5.96. The largest absolute Gasteiger partial charge is 0.482 e. The first-order chi connectivity index (χ1) is 14.8. The quantitative estimate of drug-likeness (QED) is 0.352. The maximum absolute atomic E-state index is 12.2. The zero-order chi connectivity index (χ0) is 22.5. The van der Waals surface area contributed by atoms with Gasteiger partial charge in [0.25, 0.3) is 5.91 Å². The van der Waals surface area contributed by atoms with Crippen molar-refractivity contribution in [2.24, 2.45) is 0 Å². The molecule has 7 nitrogen and oxygen atoms in total. The van der Waals surface area contributed by atoms with Crippen molar-refractivity contribution >= 4 is 22.8 Å². The molecule has 0 spiro atoms. The van der Waals surface area contributed by atoms with E-state index in [4.69, 9.17) is 13.9 Å². The Morgan fingerprint density at radius 1 is 1.06 bits per heavy atom. The van der Waals surface area contributed by atoms with Gasteiger partial charge >= 0.3 is 11.6 Å². The number of fused-ring (bicyclic) bond motifs is 1. The number of nitrogens with one attached hydrogen (secondary N) is 1. The highest BCUT2D eigenvalue weighted by atomic mass is 16.6. The molecule has 0 aliphatic carbocycles. The molecular formula is C24H25NO6. The molecule has 0 saturated heterocycles. The standard InChI is InChI=1S/C24H25NO6/c1-5-8-25-23(27)19-11-17-6-7-18(12-21(17)31-24(19)28)30-22(26)13-29-20-10-14(2)9-15(3)16(20)4/h6-7,9-12H,5,8,13H2,1-4H3,(H,25,27). The maximum atomic E-state index is 12.2. The fourth-order valence-corrected chi connectivity index (χ4v) is 3.10. The summed E-state index contributed by atoms with van der Waals surface area (Å²) in [6.45, 7) is 7.99. The average molecular weight is 423 g/mol. The first-order valence-electron chi connectivity index (χ1n) is 10.1. The van der Waals surface area contributed by atoms with Gasteiger partial charge in [0.1, 0.15) is 22.6 Å². The van der Waals surface area contributed by atoms with Crippen LogP contribution in [0.4, 0.5) is 0 Å². The van der Waals surface area contributed by atoms with Crippen LogP contribution in [0.5, 0.6) is 11.5 Å². The molecule has 1 amide bonds. The molecule has 0 aliphatic rings. The zero-order valence-electron chi connectivity index (χ0n) is 18.0. The molecule has 162 valence electrons. The molecule has 0 radical (unpaired) electrons. The number of carbonyl (C=O) groups excluding carboxylic acids is 2. The number of ether oxygens (including phenoxy) is 2. The van der Waals surface area contributed by atoms with E-state index in [1.165, 1.54) is 12.1 Å². The van der Waals surface area contributed by atoms with Gasteiger partial charge in [-0.3, -0.25) is 4.79 Å². The molecule has 31 heavy (non-hydrogen) atoms. The molecule has 0 aliphatic heterocycles. The summed E-state index contributed by atoms with van der Waals surface area (Å²) in [7, 11) is 0. The summed E-state index contributed by atoms with van der Waals surface area (Å²) in [6.07, 6.45) is 0.756. The number of aryl methyl sites for hydroxylation is 2. The molecule has 0 bridgehead atoms. The minimum atomic E-state index is -0.752. The van der Waals surface area contributed by atoms with Gasteiger partial charge in [-0.15, -0.1) is 0 Å². The summed E-state index contributed by atoms with van der Waals surface area (Å²) < 4.78 is 16.2. The normalized spacial score (nSPS) is 10.7. The lowest BCUT2D eigenvalue weighted by Gasteiger charge is -2.12. The SMILES string of the molecule is CCCNC(=O)c1cc2ccc(OC(=O)COc3cc(C)cc(C)c3C)cc2oc1=O. The molecule has 0 unspecified atom stereocenters. The Hall–Kier alpha value is -3.61. The second-order valence-electron chi connectivity index (χ2n) is 7.37. The molecule has 1 heterocycles. The fourth-order valence-electron chi connectivity index (χ4n) is 3.10. The Labute approximate surface area is 180 Å². The van der Waals surface area contributed by atoms with Gasteiger partial charge in [-0.1, -0.05) is 13.0 Å². The minimum absolute atomic E-state index is 0.0667. The van der Waals surface area contributed by atoms with Crippen molar-refractivity contribution in [2.75, 3.05) is 13.2 Å². The van der Waals surface area contributed by atoms with E-state index >= 15 is 0 Å². The second kappa shape index (κ2) is 9.47. The number of amides is 1. The Bertz CT molecular complexity index is 1190. The van der Waals surface area contributed by atoms with E-state index in [2.05, 4.69) is 5.32 Å². The molecular weight excluding hydrogens is 398 g/mol. The topological polar surface area (TPSA) is 94.8 Å². The summed E-state index contributed by atoms with van der Waals surface area (Å²) >= 11 is 0. The molecule has 3 aromatic rings. The van der Waals surface area contributed by atoms with Gasteiger partial charge in [-0.2, -0.15) is 0 Å². The molecule has 0 fully saturated rings. The van der Waals surface area contributed by atoms with Crippen molar-refractivity contribution < 1.29 is 23.5 Å². The summed E-state index contributed by atoms with van der Waals surface area (Å²) in [4.78, 5) is 36.5. The fraction of sp³-hybridized carbons (Fsp3) is 0.292. The number of rotatable bonds is 7. The van der Waals surface area contributed by atoms with E-state index in [0.717, 1.165) is 23.1 Å². The molecule has 2 aromatic carbocycles. The van der Waals surface area contributed by atoms with E-state index in [9.17, 15) is 14.4 Å². The number of hydrogen-bond donors (Lipinski definition) is 1. The van der Waals surface area contributed by atoms with Gasteiger partial charge in [-0.05, 0) is 68.1 Å². The van der Waals surface area contributed by atoms with Crippen LogP contribution in [0.25, 0.3) is 11.0 Å². The van der Waals surface area contributed by atoms with Crippen molar-refractivity contribution in [1.29, 1.82) is 0 Å². The lowest BCUT2D eigenvalue weighted by molar-refractivity contribution is -0.136. The second-order valence-corrected chi connectivity index (χ2v) is 7.37. The van der Waals surface area contributed by atoms with Gasteiger partial charge < -0.3 is 19.2 Å². The number of esters is 1. The molecule has 1 N–H and O–H groups in total. The molecule has 7 heteroatoms. The van der Waals surface area contributed by atoms with Crippen LogP contribution in [-0.2, 0) is 4.79 Å². The van der Waals surface area contributed by atoms with Crippen molar-refractivity contribution in [3.05, 3.63) is 69.1 Å². The molecule has 3 rings (SSSR count). The summed E-state index contributed by atoms with van der Waals surface area (Å²) in [5.41, 5.74) is 2.48. The Kier molecular flexibility index (Phi) is 6.74. The molecule has 0 saturated carbocycles. The van der Waals surface area contributed by atoms with Crippen LogP contribution in [0, 0.1) is 20.8 Å². The van der Waals surface area contributed by atoms with Gasteiger partial charge in [0.2, 0.25) is 0 Å². The van der Waals surface area contributed by atoms with Crippen molar-refractivity contribution in [3.63, 3.8) is 0 Å². The first-order valence-corrected chi connectivity index (χ1v) is 10.1. The minimum Gasteiger partial charge on any atom is -0.482 e. The average Bonchev–Trinajstić information content (AvgIpc) is 2.73. The predicted molar refractivity (Wildman–Crippen MR) is 117 cm³/mol. The lowest BCUT2D eigenvalue weighted by atomic mass is 10.1. The van der Waals surface area contributed by atoms with Crippen molar-refractivity contribution in [2.45, 2.75) is 34.1 Å².